The zero-order valence-electron chi connectivity index (χ0n) is 12.1. The van der Waals surface area contributed by atoms with Crippen LogP contribution in [0.4, 0.5) is 0 Å². The van der Waals surface area contributed by atoms with Crippen molar-refractivity contribution >= 4 is 0 Å². The average Bonchev–Trinajstić information content (AvgIpc) is 2.14. The lowest BCUT2D eigenvalue weighted by atomic mass is 9.77. The van der Waals surface area contributed by atoms with Gasteiger partial charge in [-0.3, -0.25) is 0 Å². The third-order valence-corrected chi connectivity index (χ3v) is 3.10. The second-order valence-corrected chi connectivity index (χ2v) is 6.82. The number of hydrogen-bond acceptors (Lipinski definition) is 1. The lowest BCUT2D eigenvalue weighted by molar-refractivity contribution is 0.572. The Hall–Kier alpha value is -1.29. The Balaban J connectivity index is 3.53. The van der Waals surface area contributed by atoms with Crippen molar-refractivity contribution < 1.29 is 0 Å². The van der Waals surface area contributed by atoms with Gasteiger partial charge in [0.05, 0.1) is 11.6 Å². The lowest BCUT2D eigenvalue weighted by Gasteiger charge is -2.27. The minimum absolute atomic E-state index is 0.0201. The highest BCUT2D eigenvalue weighted by molar-refractivity contribution is 5.49. The van der Waals surface area contributed by atoms with Gasteiger partial charge >= 0.3 is 0 Å². The van der Waals surface area contributed by atoms with Crippen LogP contribution in [0.2, 0.25) is 0 Å². The van der Waals surface area contributed by atoms with Crippen LogP contribution in [0.3, 0.4) is 0 Å². The standard InChI is InChI=1S/C16H23N/c1-11-8-14(16(5,6)7)12(10-17)9-13(11)15(2,3)4/h8-9H,1-7H3. The summed E-state index contributed by atoms with van der Waals surface area (Å²) < 4.78 is 0. The molecule has 0 heterocycles. The van der Waals surface area contributed by atoms with Gasteiger partial charge in [0, 0.05) is 0 Å². The maximum Gasteiger partial charge on any atom is 0.0994 e. The van der Waals surface area contributed by atoms with E-state index in [-0.39, 0.29) is 10.8 Å². The minimum atomic E-state index is 0.0201. The summed E-state index contributed by atoms with van der Waals surface area (Å²) in [6, 6.07) is 6.59. The van der Waals surface area contributed by atoms with Crippen molar-refractivity contribution in [3.63, 3.8) is 0 Å². The summed E-state index contributed by atoms with van der Waals surface area (Å²) in [5, 5.41) is 9.31. The Kier molecular flexibility index (Phi) is 3.39. The Morgan fingerprint density at radius 2 is 1.35 bits per heavy atom. The van der Waals surface area contributed by atoms with Crippen molar-refractivity contribution in [1.29, 1.82) is 5.26 Å². The zero-order valence-corrected chi connectivity index (χ0v) is 12.1. The van der Waals surface area contributed by atoms with Crippen LogP contribution in [-0.4, -0.2) is 0 Å². The fourth-order valence-electron chi connectivity index (χ4n) is 2.23. The summed E-state index contributed by atoms with van der Waals surface area (Å²) in [6.45, 7) is 15.2. The van der Waals surface area contributed by atoms with Crippen LogP contribution in [0, 0.1) is 18.3 Å². The monoisotopic (exact) mass is 229 g/mol. The Labute approximate surface area is 105 Å². The molecule has 17 heavy (non-hydrogen) atoms. The summed E-state index contributed by atoms with van der Waals surface area (Å²) in [4.78, 5) is 0. The number of rotatable bonds is 0. The van der Waals surface area contributed by atoms with Crippen LogP contribution >= 0.6 is 0 Å². The molecular formula is C16H23N. The first-order valence-corrected chi connectivity index (χ1v) is 6.13. The fraction of sp³-hybridized carbons (Fsp3) is 0.562. The molecule has 0 bridgehead atoms. The van der Waals surface area contributed by atoms with Crippen LogP contribution in [0.25, 0.3) is 0 Å². The van der Waals surface area contributed by atoms with E-state index in [2.05, 4.69) is 66.7 Å². The summed E-state index contributed by atoms with van der Waals surface area (Å²) in [6.07, 6.45) is 0. The second-order valence-electron chi connectivity index (χ2n) is 6.82. The second kappa shape index (κ2) is 4.18. The third kappa shape index (κ3) is 2.88. The first kappa shape index (κ1) is 13.8. The van der Waals surface area contributed by atoms with Crippen LogP contribution in [0.5, 0.6) is 0 Å². The predicted octanol–water partition coefficient (Wildman–Crippen LogP) is 4.46. The highest BCUT2D eigenvalue weighted by atomic mass is 14.3. The first-order valence-electron chi connectivity index (χ1n) is 6.13. The molecular weight excluding hydrogens is 206 g/mol. The van der Waals surface area contributed by atoms with Gasteiger partial charge in [-0.05, 0) is 40.5 Å². The van der Waals surface area contributed by atoms with Crippen LogP contribution in [0.15, 0.2) is 12.1 Å². The van der Waals surface area contributed by atoms with Crippen molar-refractivity contribution in [3.8, 4) is 6.07 Å². The van der Waals surface area contributed by atoms with E-state index >= 15 is 0 Å². The smallest absolute Gasteiger partial charge is 0.0994 e. The molecule has 0 fully saturated rings. The molecule has 0 saturated carbocycles. The van der Waals surface area contributed by atoms with Crippen molar-refractivity contribution in [2.45, 2.75) is 59.3 Å². The van der Waals surface area contributed by atoms with Gasteiger partial charge in [0.1, 0.15) is 0 Å². The van der Waals surface area contributed by atoms with Gasteiger partial charge in [-0.25, -0.2) is 0 Å². The average molecular weight is 229 g/mol. The SMILES string of the molecule is Cc1cc(C(C)(C)C)c(C#N)cc1C(C)(C)C. The number of aryl methyl sites for hydroxylation is 1. The Morgan fingerprint density at radius 1 is 0.882 bits per heavy atom. The minimum Gasteiger partial charge on any atom is -0.192 e. The molecule has 0 aromatic heterocycles. The summed E-state index contributed by atoms with van der Waals surface area (Å²) >= 11 is 0. The van der Waals surface area contributed by atoms with Gasteiger partial charge in [-0.1, -0.05) is 47.6 Å². The number of nitrogens with zero attached hydrogens (tertiary/aromatic N) is 1. The zero-order chi connectivity index (χ0) is 13.4. The number of benzene rings is 1. The maximum absolute atomic E-state index is 9.31. The lowest BCUT2D eigenvalue weighted by Crippen LogP contribution is -2.18. The molecule has 0 aliphatic carbocycles. The van der Waals surface area contributed by atoms with E-state index in [0.29, 0.717) is 0 Å². The van der Waals surface area contributed by atoms with Gasteiger partial charge in [0.15, 0.2) is 0 Å². The van der Waals surface area contributed by atoms with Gasteiger partial charge in [0.25, 0.3) is 0 Å². The highest BCUT2D eigenvalue weighted by Crippen LogP contribution is 2.32. The van der Waals surface area contributed by atoms with Crippen molar-refractivity contribution in [2.75, 3.05) is 0 Å². The largest absolute Gasteiger partial charge is 0.192 e. The molecule has 1 nitrogen and oxygen atoms in total. The van der Waals surface area contributed by atoms with Gasteiger partial charge in [-0.2, -0.15) is 5.26 Å². The molecule has 1 aromatic rings. The molecule has 0 spiro atoms. The van der Waals surface area contributed by atoms with E-state index in [1.165, 1.54) is 11.1 Å². The predicted molar refractivity (Wildman–Crippen MR) is 73.3 cm³/mol. The molecule has 0 N–H and O–H groups in total. The fourth-order valence-corrected chi connectivity index (χ4v) is 2.23. The Morgan fingerprint density at radius 3 is 1.71 bits per heavy atom. The van der Waals surface area contributed by atoms with E-state index in [9.17, 15) is 5.26 Å². The maximum atomic E-state index is 9.31. The van der Waals surface area contributed by atoms with Crippen molar-refractivity contribution in [2.24, 2.45) is 0 Å². The van der Waals surface area contributed by atoms with Gasteiger partial charge in [-0.15, -0.1) is 0 Å². The molecule has 0 saturated heterocycles. The normalized spacial score (nSPS) is 12.4. The van der Waals surface area contributed by atoms with Crippen molar-refractivity contribution in [1.82, 2.24) is 0 Å². The molecule has 0 aliphatic heterocycles. The molecule has 1 rings (SSSR count). The van der Waals surface area contributed by atoms with E-state index in [1.54, 1.807) is 0 Å². The van der Waals surface area contributed by atoms with E-state index in [4.69, 9.17) is 0 Å². The Bertz CT molecular complexity index is 462. The molecule has 0 unspecified atom stereocenters. The van der Waals surface area contributed by atoms with E-state index in [0.717, 1.165) is 11.1 Å². The topological polar surface area (TPSA) is 23.8 Å². The third-order valence-electron chi connectivity index (χ3n) is 3.10. The summed E-state index contributed by atoms with van der Waals surface area (Å²) in [5.41, 5.74) is 4.61. The van der Waals surface area contributed by atoms with Crippen molar-refractivity contribution in [3.05, 3.63) is 34.4 Å². The van der Waals surface area contributed by atoms with Crippen LogP contribution < -0.4 is 0 Å². The molecule has 1 aromatic carbocycles. The number of nitriles is 1. The summed E-state index contributed by atoms with van der Waals surface area (Å²) in [5.74, 6) is 0. The van der Waals surface area contributed by atoms with Gasteiger partial charge < -0.3 is 0 Å². The van der Waals surface area contributed by atoms with E-state index in [1.807, 2.05) is 0 Å². The van der Waals surface area contributed by atoms with Gasteiger partial charge in [0.2, 0.25) is 0 Å². The summed E-state index contributed by atoms with van der Waals surface area (Å²) in [7, 11) is 0. The van der Waals surface area contributed by atoms with E-state index < -0.39 is 0 Å². The molecule has 0 amide bonds. The van der Waals surface area contributed by atoms with Crippen LogP contribution in [0.1, 0.15) is 63.8 Å². The number of hydrogen-bond donors (Lipinski definition) is 0. The first-order chi connectivity index (χ1) is 7.57. The molecule has 1 heteroatoms. The highest BCUT2D eigenvalue weighted by Gasteiger charge is 2.23. The molecule has 0 aliphatic rings. The van der Waals surface area contributed by atoms with Crippen LogP contribution in [-0.2, 0) is 10.8 Å². The molecule has 0 radical (unpaired) electrons. The molecule has 0 atom stereocenters. The molecule has 92 valence electrons. The quantitative estimate of drug-likeness (QED) is 0.644.